The van der Waals surface area contributed by atoms with Gasteiger partial charge in [0.15, 0.2) is 0 Å². The zero-order valence-electron chi connectivity index (χ0n) is 2.10. The Morgan fingerprint density at radius 3 is 1.25 bits per heavy atom. The normalized spacial score (nSPS) is 2.25. The molecule has 0 saturated carbocycles. The first kappa shape index (κ1) is 8.84. The summed E-state index contributed by atoms with van der Waals surface area (Å²) in [5.74, 6) is 0. The van der Waals surface area contributed by atoms with Crippen molar-refractivity contribution in [3.63, 3.8) is 0 Å². The van der Waals surface area contributed by atoms with Crippen LogP contribution in [0.25, 0.3) is 0 Å². The van der Waals surface area contributed by atoms with E-state index in [1.54, 1.807) is 0 Å². The van der Waals surface area contributed by atoms with Crippen LogP contribution >= 0.6 is 0 Å². The molecule has 2 nitrogen and oxygen atoms in total. The monoisotopic (exact) mass is 133 g/mol. The Morgan fingerprint density at radius 2 is 1.25 bits per heavy atom. The van der Waals surface area contributed by atoms with Crippen molar-refractivity contribution in [2.75, 3.05) is 0 Å². The topological polar surface area (TPSA) is 34.1 Å². The Kier molecular flexibility index (Phi) is 108. The van der Waals surface area contributed by atoms with Crippen LogP contribution in [0.15, 0.2) is 0 Å². The molecule has 0 atom stereocenters. The van der Waals surface area contributed by atoms with E-state index in [1.807, 2.05) is 7.72 Å². The molecule has 0 radical (unpaired) electrons. The van der Waals surface area contributed by atoms with Crippen molar-refractivity contribution < 1.29 is 37.8 Å². The van der Waals surface area contributed by atoms with Gasteiger partial charge >= 0.3 is 45.5 Å². The first-order valence-electron chi connectivity index (χ1n) is 0.524. The predicted molar refractivity (Wildman–Crippen MR) is 8.52 cm³/mol. The van der Waals surface area contributed by atoms with E-state index in [9.17, 15) is 0 Å². The van der Waals surface area contributed by atoms with Gasteiger partial charge < -0.3 is 0 Å². The molecule has 0 N–H and O–H groups in total. The van der Waals surface area contributed by atoms with Gasteiger partial charge in [-0.3, -0.25) is 0 Å². The standard InChI is InChI=1S/BHO.O.Y/c1-2;;/h1H;;. The third-order valence-electron chi connectivity index (χ3n) is 0. The molecule has 0 rings (SSSR count). The van der Waals surface area contributed by atoms with Gasteiger partial charge in [0.1, 0.15) is 0 Å². The molecule has 0 aliphatic heterocycles. The third kappa shape index (κ3) is 14.7. The first-order valence-corrected chi connectivity index (χ1v) is 1.68. The Balaban J connectivity index is 0. The Bertz CT molecular complexity index is 8.00. The maximum atomic E-state index is 8.38. The third-order valence-corrected chi connectivity index (χ3v) is 0. The fourth-order valence-corrected chi connectivity index (χ4v) is 0. The van der Waals surface area contributed by atoms with Crippen LogP contribution in [-0.4, -0.2) is 7.72 Å². The van der Waals surface area contributed by atoms with Gasteiger partial charge in [0.25, 0.3) is 0 Å². The Morgan fingerprint density at radius 1 is 1.25 bits per heavy atom. The van der Waals surface area contributed by atoms with Gasteiger partial charge in [-0.1, -0.05) is 0 Å². The van der Waals surface area contributed by atoms with Crippen LogP contribution in [0.1, 0.15) is 0 Å². The van der Waals surface area contributed by atoms with Crippen molar-refractivity contribution >= 4 is 7.72 Å². The molecule has 0 aromatic heterocycles. The second-order valence-corrected chi connectivity index (χ2v) is 0. The van der Waals surface area contributed by atoms with Crippen LogP contribution in [0.2, 0.25) is 0 Å². The summed E-state index contributed by atoms with van der Waals surface area (Å²) in [6.45, 7) is 0. The van der Waals surface area contributed by atoms with E-state index >= 15 is 0 Å². The molecule has 0 aromatic rings. The van der Waals surface area contributed by atoms with Gasteiger partial charge in [0, 0.05) is 0 Å². The van der Waals surface area contributed by atoms with Crippen LogP contribution in [0.4, 0.5) is 0 Å². The summed E-state index contributed by atoms with van der Waals surface area (Å²) < 4.78 is 16.4. The molecule has 19 valence electrons. The summed E-state index contributed by atoms with van der Waals surface area (Å²) in [6.07, 6.45) is 0. The maximum absolute atomic E-state index is 8.38. The first-order chi connectivity index (χ1) is 2.00. The van der Waals surface area contributed by atoms with Crippen LogP contribution in [0, 0.1) is 0 Å². The van der Waals surface area contributed by atoms with Crippen LogP contribution in [-0.2, 0) is 37.8 Å². The SMILES string of the molecule is B=O.[O]=[Y]. The molecule has 0 aromatic carbocycles. The van der Waals surface area contributed by atoms with Crippen molar-refractivity contribution in [2.24, 2.45) is 0 Å². The fourth-order valence-electron chi connectivity index (χ4n) is 0. The van der Waals surface area contributed by atoms with Gasteiger partial charge in [-0.15, -0.1) is 0 Å². The molecule has 0 aliphatic carbocycles. The zero-order valence-corrected chi connectivity index (χ0v) is 4.94. The summed E-state index contributed by atoms with van der Waals surface area (Å²) in [5, 5.41) is 0. The van der Waals surface area contributed by atoms with Gasteiger partial charge in [0.2, 0.25) is 0 Å². The molecule has 0 fully saturated rings. The molecule has 0 bridgehead atoms. The summed E-state index contributed by atoms with van der Waals surface area (Å²) in [4.78, 5) is 0. The minimum absolute atomic E-state index is 0.100. The van der Waals surface area contributed by atoms with E-state index in [0.29, 0.717) is 0 Å². The van der Waals surface area contributed by atoms with Crippen LogP contribution in [0.3, 0.4) is 0 Å². The average molecular weight is 133 g/mol. The van der Waals surface area contributed by atoms with E-state index in [2.05, 4.69) is 0 Å². The number of rotatable bonds is 0. The summed E-state index contributed by atoms with van der Waals surface area (Å²) in [5.41, 5.74) is 0. The molecule has 0 unspecified atom stereocenters. The van der Waals surface area contributed by atoms with Crippen molar-refractivity contribution in [3.8, 4) is 0 Å². The molecule has 4 heavy (non-hydrogen) atoms. The quantitative estimate of drug-likeness (QED) is 0.401. The van der Waals surface area contributed by atoms with E-state index in [0.717, 1.165) is 0 Å². The van der Waals surface area contributed by atoms with Crippen molar-refractivity contribution in [1.82, 2.24) is 0 Å². The second kappa shape index (κ2) is 48.9. The predicted octanol–water partition coefficient (Wildman–Crippen LogP) is -0.889. The van der Waals surface area contributed by atoms with E-state index < -0.39 is 0 Å². The second-order valence-electron chi connectivity index (χ2n) is 0. The van der Waals surface area contributed by atoms with E-state index in [1.165, 1.54) is 0 Å². The molecule has 0 heterocycles. The molecule has 0 saturated heterocycles. The van der Waals surface area contributed by atoms with Gasteiger partial charge in [-0.2, -0.15) is 0 Å². The molecule has 4 heteroatoms. The van der Waals surface area contributed by atoms with E-state index in [-0.39, 0.29) is 31.0 Å². The number of hydrogen-bond donors (Lipinski definition) is 0. The van der Waals surface area contributed by atoms with E-state index in [4.69, 9.17) is 6.75 Å². The fraction of sp³-hybridized carbons (Fsp3) is 0. The van der Waals surface area contributed by atoms with Gasteiger partial charge in [-0.05, 0) is 0 Å². The van der Waals surface area contributed by atoms with Gasteiger partial charge in [-0.25, -0.2) is 0 Å². The zero-order chi connectivity index (χ0) is 4.00. The molecular formula is HBO2Y. The Hall–Kier alpha value is 0.769. The Labute approximate surface area is 45.4 Å². The van der Waals surface area contributed by atoms with Crippen molar-refractivity contribution in [1.29, 1.82) is 0 Å². The van der Waals surface area contributed by atoms with Crippen LogP contribution < -0.4 is 0 Å². The minimum atomic E-state index is 0.100. The molecule has 0 spiro atoms. The summed E-state index contributed by atoms with van der Waals surface area (Å²) in [6, 6.07) is 0. The van der Waals surface area contributed by atoms with Crippen molar-refractivity contribution in [3.05, 3.63) is 0 Å². The molecule has 0 aliphatic rings. The van der Waals surface area contributed by atoms with Crippen molar-refractivity contribution in [2.45, 2.75) is 0 Å². The number of hydrogen-bond acceptors (Lipinski definition) is 2. The summed E-state index contributed by atoms with van der Waals surface area (Å²) >= 11 is 0.100. The van der Waals surface area contributed by atoms with Crippen LogP contribution in [0.5, 0.6) is 0 Å². The molecule has 0 amide bonds. The van der Waals surface area contributed by atoms with Gasteiger partial charge in [0.05, 0.1) is 0 Å². The summed E-state index contributed by atoms with van der Waals surface area (Å²) in [7, 11) is 2.00. The average Bonchev–Trinajstić information content (AvgIpc) is 1.50. The molecular weight excluding hydrogens is 132 g/mol.